The molecule has 312 valence electrons. The van der Waals surface area contributed by atoms with Crippen molar-refractivity contribution < 1.29 is 28.5 Å². The van der Waals surface area contributed by atoms with Crippen molar-refractivity contribution in [2.45, 2.75) is 108 Å². The van der Waals surface area contributed by atoms with Gasteiger partial charge in [-0.3, -0.25) is 9.79 Å². The Hall–Kier alpha value is -5.73. The number of ether oxygens (including phenoxy) is 3. The van der Waals surface area contributed by atoms with Gasteiger partial charge in [0, 0.05) is 59.3 Å². The lowest BCUT2D eigenvalue weighted by molar-refractivity contribution is -0.170. The number of nitrogens with two attached hydrogens (primary N) is 2. The van der Waals surface area contributed by atoms with Crippen molar-refractivity contribution in [2.75, 3.05) is 31.6 Å². The maximum absolute atomic E-state index is 14.5. The summed E-state index contributed by atoms with van der Waals surface area (Å²) in [5.74, 6) is 0.822. The van der Waals surface area contributed by atoms with E-state index in [2.05, 4.69) is 27.5 Å². The molecule has 6 N–H and O–H groups in total. The third-order valence-electron chi connectivity index (χ3n) is 13.4. The van der Waals surface area contributed by atoms with Crippen LogP contribution in [-0.2, 0) is 40.1 Å². The summed E-state index contributed by atoms with van der Waals surface area (Å²) < 4.78 is 25.4. The molecular weight excluding hydrogens is 763 g/mol. The zero-order valence-electron chi connectivity index (χ0n) is 34.5. The quantitative estimate of drug-likeness (QED) is 0.134. The van der Waals surface area contributed by atoms with Crippen LogP contribution in [-0.4, -0.2) is 75.7 Å². The van der Waals surface area contributed by atoms with Crippen molar-refractivity contribution in [3.05, 3.63) is 91.7 Å². The molecular formula is C46H51N7O7. The van der Waals surface area contributed by atoms with Gasteiger partial charge in [-0.25, -0.2) is 14.8 Å². The van der Waals surface area contributed by atoms with E-state index in [1.807, 2.05) is 39.3 Å². The molecule has 6 aliphatic rings. The molecule has 8 heterocycles. The number of nitrogen functional groups attached to an aromatic ring is 2. The normalized spacial score (nSPS) is 26.0. The molecule has 1 aliphatic carbocycles. The molecule has 10 rings (SSSR count). The highest BCUT2D eigenvalue weighted by molar-refractivity contribution is 5.88. The zero-order valence-corrected chi connectivity index (χ0v) is 34.5. The number of nitrogens with zero attached hydrogens (tertiary/aromatic N) is 4. The number of allylic oxidation sites excluding steroid dienone is 1. The molecule has 60 heavy (non-hydrogen) atoms. The van der Waals surface area contributed by atoms with Crippen LogP contribution in [0.5, 0.6) is 11.5 Å². The number of hydrogen-bond donors (Lipinski definition) is 4. The number of esters is 1. The number of aromatic hydroxyl groups is 1. The van der Waals surface area contributed by atoms with Crippen LogP contribution in [0.3, 0.4) is 0 Å². The number of phenols is 1. The van der Waals surface area contributed by atoms with E-state index >= 15 is 0 Å². The molecule has 5 unspecified atom stereocenters. The third kappa shape index (κ3) is 6.42. The SMILES string of the molecule is CNCC1CCC2(OC2CCc2cc(N)nc3c2CCCc2c-3cc(CN3C=C4N=CC=C4C3)nc2N)C(=O)OC2C(C1)c1c(cc3oc(C)cc(=O)c3c1O)OC2(C)C. The minimum absolute atomic E-state index is 0.0917. The number of rotatable bonds is 7. The Bertz CT molecular complexity index is 2630. The Morgan fingerprint density at radius 2 is 1.92 bits per heavy atom. The van der Waals surface area contributed by atoms with Gasteiger partial charge in [0.15, 0.2) is 11.0 Å². The number of aryl methyl sites for hydroxylation is 2. The van der Waals surface area contributed by atoms with Crippen molar-refractivity contribution >= 4 is 34.8 Å². The number of pyridine rings is 2. The summed E-state index contributed by atoms with van der Waals surface area (Å²) in [7, 11) is 1.91. The number of fused-ring (bicyclic) bond motifs is 8. The first-order valence-electron chi connectivity index (χ1n) is 21.1. The van der Waals surface area contributed by atoms with Gasteiger partial charge in [-0.1, -0.05) is 0 Å². The molecule has 1 aromatic carbocycles. The van der Waals surface area contributed by atoms with E-state index in [0.717, 1.165) is 65.1 Å². The van der Waals surface area contributed by atoms with Crippen molar-refractivity contribution in [3.8, 4) is 22.8 Å². The molecule has 14 heteroatoms. The van der Waals surface area contributed by atoms with Gasteiger partial charge < -0.3 is 45.4 Å². The van der Waals surface area contributed by atoms with Gasteiger partial charge in [-0.2, -0.15) is 0 Å². The van der Waals surface area contributed by atoms with Gasteiger partial charge in [-0.15, -0.1) is 0 Å². The summed E-state index contributed by atoms with van der Waals surface area (Å²) in [5, 5.41) is 15.2. The molecule has 14 nitrogen and oxygen atoms in total. The summed E-state index contributed by atoms with van der Waals surface area (Å²) in [6.07, 6.45) is 10.3. The smallest absolute Gasteiger partial charge is 0.341 e. The lowest BCUT2D eigenvalue weighted by Gasteiger charge is -2.45. The molecule has 2 saturated heterocycles. The Kier molecular flexibility index (Phi) is 9.10. The van der Waals surface area contributed by atoms with E-state index in [4.69, 9.17) is 40.1 Å². The number of hydrogen-bond acceptors (Lipinski definition) is 14. The summed E-state index contributed by atoms with van der Waals surface area (Å²) in [4.78, 5) is 44.1. The largest absolute Gasteiger partial charge is 0.507 e. The van der Waals surface area contributed by atoms with Crippen LogP contribution in [0.15, 0.2) is 62.0 Å². The second-order valence-electron chi connectivity index (χ2n) is 17.9. The monoisotopic (exact) mass is 813 g/mol. The molecule has 3 aromatic heterocycles. The molecule has 5 aliphatic heterocycles. The fourth-order valence-electron chi connectivity index (χ4n) is 10.6. The molecule has 5 atom stereocenters. The number of carbonyl (C=O) groups is 1. The van der Waals surface area contributed by atoms with Gasteiger partial charge in [0.05, 0.1) is 29.7 Å². The van der Waals surface area contributed by atoms with Crippen molar-refractivity contribution in [2.24, 2.45) is 10.9 Å². The number of carbonyl (C=O) groups excluding carboxylic acids is 1. The Balaban J connectivity index is 0.927. The van der Waals surface area contributed by atoms with Crippen molar-refractivity contribution in [1.29, 1.82) is 0 Å². The standard InChI is InChI=1S/C46H51N7O7/c1-23-14-33(54)39-34(57-23)18-35-38(41(39)55)31-15-24(19-49-4)10-12-46(44(56)58-42(31)45(2,3)59-35)36(60-46)9-8-25-16-37(47)52-40-28(25)6-5-7-29-30(40)17-27(51-43(29)48)21-53-20-26-11-13-50-32(26)22-53/h11,13-14,16-18,22,24,31,36,42,49,55H,5-10,12,15,19-21H2,1-4H3,(H2,47,52)(H2,48,51). The van der Waals surface area contributed by atoms with Gasteiger partial charge in [0.1, 0.15) is 51.6 Å². The van der Waals surface area contributed by atoms with Crippen LogP contribution in [0, 0.1) is 12.8 Å². The number of phenolic OH excluding ortho intramolecular Hbond substituents is 1. The van der Waals surface area contributed by atoms with Crippen LogP contribution in [0.25, 0.3) is 22.2 Å². The maximum Gasteiger partial charge on any atom is 0.341 e. The topological polar surface area (TPSA) is 204 Å². The second kappa shape index (κ2) is 14.2. The minimum atomic E-state index is -1.12. The molecule has 0 saturated carbocycles. The number of epoxide rings is 1. The minimum Gasteiger partial charge on any atom is -0.507 e. The molecule has 2 fully saturated rings. The lowest BCUT2D eigenvalue weighted by Crippen LogP contribution is -2.52. The van der Waals surface area contributed by atoms with E-state index in [9.17, 15) is 14.7 Å². The van der Waals surface area contributed by atoms with E-state index in [1.165, 1.54) is 11.6 Å². The number of anilines is 2. The van der Waals surface area contributed by atoms with Crippen molar-refractivity contribution in [3.63, 3.8) is 0 Å². The zero-order chi connectivity index (χ0) is 41.7. The average molecular weight is 814 g/mol. The first kappa shape index (κ1) is 38.5. The maximum atomic E-state index is 14.5. The summed E-state index contributed by atoms with van der Waals surface area (Å²) in [6, 6.07) is 7.12. The lowest BCUT2D eigenvalue weighted by atomic mass is 9.75. The number of nitrogens with one attached hydrogen (secondary N) is 1. The predicted octanol–water partition coefficient (Wildman–Crippen LogP) is 5.54. The van der Waals surface area contributed by atoms with E-state index in [0.29, 0.717) is 73.9 Å². The Labute approximate surface area is 347 Å². The fraction of sp³-hybridized carbons (Fsp3) is 0.457. The highest BCUT2D eigenvalue weighted by atomic mass is 16.7. The van der Waals surface area contributed by atoms with Crippen LogP contribution in [0.2, 0.25) is 0 Å². The van der Waals surface area contributed by atoms with Crippen molar-refractivity contribution in [1.82, 2.24) is 20.2 Å². The van der Waals surface area contributed by atoms with Crippen LogP contribution in [0.1, 0.15) is 85.6 Å². The molecule has 0 bridgehead atoms. The third-order valence-corrected chi connectivity index (χ3v) is 13.4. The van der Waals surface area contributed by atoms with Crippen LogP contribution < -0.4 is 26.9 Å². The van der Waals surface area contributed by atoms with E-state index in [-0.39, 0.29) is 34.2 Å². The average Bonchev–Trinajstić information content (AvgIpc) is 3.58. The number of aliphatic imine (C=N–C) groups is 1. The molecule has 1 spiro atoms. The van der Waals surface area contributed by atoms with E-state index < -0.39 is 29.2 Å². The highest BCUT2D eigenvalue weighted by Crippen LogP contribution is 2.54. The van der Waals surface area contributed by atoms with Gasteiger partial charge in [0.25, 0.3) is 0 Å². The molecule has 0 amide bonds. The van der Waals surface area contributed by atoms with Gasteiger partial charge in [-0.05, 0) is 121 Å². The first-order chi connectivity index (χ1) is 28.8. The van der Waals surface area contributed by atoms with E-state index in [1.54, 1.807) is 13.0 Å². The second-order valence-corrected chi connectivity index (χ2v) is 17.9. The molecule has 4 aromatic rings. The van der Waals surface area contributed by atoms with Crippen LogP contribution in [0.4, 0.5) is 11.6 Å². The van der Waals surface area contributed by atoms with Gasteiger partial charge >= 0.3 is 5.97 Å². The first-order valence-corrected chi connectivity index (χ1v) is 21.1. The summed E-state index contributed by atoms with van der Waals surface area (Å²) in [5.41, 5.74) is 19.6. The molecule has 0 radical (unpaired) electrons. The van der Waals surface area contributed by atoms with Crippen LogP contribution >= 0.6 is 0 Å². The summed E-state index contributed by atoms with van der Waals surface area (Å²) >= 11 is 0. The van der Waals surface area contributed by atoms with Gasteiger partial charge in [0.2, 0.25) is 0 Å². The number of aromatic nitrogens is 2. The predicted molar refractivity (Wildman–Crippen MR) is 227 cm³/mol. The summed E-state index contributed by atoms with van der Waals surface area (Å²) in [6.45, 7) is 7.52. The Morgan fingerprint density at radius 3 is 2.73 bits per heavy atom. The highest BCUT2D eigenvalue weighted by Gasteiger charge is 2.65. The Morgan fingerprint density at radius 1 is 1.08 bits per heavy atom. The number of benzene rings is 1. The fourth-order valence-corrected chi connectivity index (χ4v) is 10.6.